The summed E-state index contributed by atoms with van der Waals surface area (Å²) >= 11 is 3.34. The van der Waals surface area contributed by atoms with Crippen molar-refractivity contribution in [3.8, 4) is 11.5 Å². The van der Waals surface area contributed by atoms with E-state index in [1.54, 1.807) is 6.07 Å². The fraction of sp³-hybridized carbons (Fsp3) is 0.200. The molecule has 0 aliphatic rings. The molecular weight excluding hydrogens is 322 g/mol. The third-order valence-corrected chi connectivity index (χ3v) is 3.58. The Balaban J connectivity index is 2.36. The number of halogens is 1. The number of aryl methyl sites for hydroxylation is 1. The lowest BCUT2D eigenvalue weighted by Gasteiger charge is -2.12. The van der Waals surface area contributed by atoms with Gasteiger partial charge in [0.1, 0.15) is 11.5 Å². The molecule has 0 saturated carbocycles. The summed E-state index contributed by atoms with van der Waals surface area (Å²) in [6.07, 6.45) is 0.868. The van der Waals surface area contributed by atoms with Crippen LogP contribution in [0.15, 0.2) is 42.5 Å². The Labute approximate surface area is 125 Å². The molecule has 0 fully saturated rings. The van der Waals surface area contributed by atoms with E-state index in [0.717, 1.165) is 23.3 Å². The maximum Gasteiger partial charge on any atom is 0.270 e. The second-order valence-electron chi connectivity index (χ2n) is 4.25. The maximum atomic E-state index is 10.8. The Kier molecular flexibility index (Phi) is 4.74. The summed E-state index contributed by atoms with van der Waals surface area (Å²) in [4.78, 5) is 10.4. The lowest BCUT2D eigenvalue weighted by Crippen LogP contribution is -1.95. The molecule has 0 saturated heterocycles. The number of nitrogens with zero attached hydrogens (tertiary/aromatic N) is 1. The summed E-state index contributed by atoms with van der Waals surface area (Å²) in [6, 6.07) is 12.4. The van der Waals surface area contributed by atoms with E-state index in [-0.39, 0.29) is 5.69 Å². The molecule has 0 radical (unpaired) electrons. The SMILES string of the molecule is CCc1ccccc1Oc1ccc([N+](=O)[O-])cc1CBr. The first-order valence-corrected chi connectivity index (χ1v) is 7.37. The summed E-state index contributed by atoms with van der Waals surface area (Å²) in [6.45, 7) is 2.06. The van der Waals surface area contributed by atoms with Crippen LogP contribution in [0.3, 0.4) is 0 Å². The maximum absolute atomic E-state index is 10.8. The first-order valence-electron chi connectivity index (χ1n) is 6.24. The van der Waals surface area contributed by atoms with Crippen LogP contribution in [0.5, 0.6) is 11.5 Å². The van der Waals surface area contributed by atoms with Gasteiger partial charge in [0.25, 0.3) is 5.69 Å². The predicted octanol–water partition coefficient (Wildman–Crippen LogP) is 4.84. The molecule has 2 aromatic carbocycles. The van der Waals surface area contributed by atoms with Gasteiger partial charge >= 0.3 is 0 Å². The standard InChI is InChI=1S/C15H14BrNO3/c1-2-11-5-3-4-6-14(11)20-15-8-7-13(17(18)19)9-12(15)10-16/h3-9H,2,10H2,1H3. The van der Waals surface area contributed by atoms with Crippen molar-refractivity contribution in [3.63, 3.8) is 0 Å². The third kappa shape index (κ3) is 3.17. The number of nitro groups is 1. The molecule has 2 rings (SSSR count). The Hall–Kier alpha value is -1.88. The Bertz CT molecular complexity index is 628. The van der Waals surface area contributed by atoms with E-state index in [2.05, 4.69) is 22.9 Å². The van der Waals surface area contributed by atoms with Crippen molar-refractivity contribution < 1.29 is 9.66 Å². The molecule has 0 heterocycles. The smallest absolute Gasteiger partial charge is 0.270 e. The molecule has 0 bridgehead atoms. The molecule has 0 atom stereocenters. The van der Waals surface area contributed by atoms with Crippen molar-refractivity contribution in [2.45, 2.75) is 18.7 Å². The molecule has 4 nitrogen and oxygen atoms in total. The van der Waals surface area contributed by atoms with Gasteiger partial charge in [-0.1, -0.05) is 41.1 Å². The van der Waals surface area contributed by atoms with E-state index in [0.29, 0.717) is 11.1 Å². The van der Waals surface area contributed by atoms with E-state index in [1.807, 2.05) is 24.3 Å². The van der Waals surface area contributed by atoms with Crippen LogP contribution in [0.25, 0.3) is 0 Å². The van der Waals surface area contributed by atoms with Gasteiger partial charge in [0.2, 0.25) is 0 Å². The van der Waals surface area contributed by atoms with E-state index in [1.165, 1.54) is 12.1 Å². The van der Waals surface area contributed by atoms with Crippen LogP contribution in [-0.2, 0) is 11.8 Å². The van der Waals surface area contributed by atoms with Crippen LogP contribution in [-0.4, -0.2) is 4.92 Å². The Morgan fingerprint density at radius 1 is 1.15 bits per heavy atom. The molecular formula is C15H14BrNO3. The van der Waals surface area contributed by atoms with E-state index in [9.17, 15) is 10.1 Å². The molecule has 0 N–H and O–H groups in total. The van der Waals surface area contributed by atoms with Gasteiger partial charge in [-0.2, -0.15) is 0 Å². The fourth-order valence-electron chi connectivity index (χ4n) is 1.90. The normalized spacial score (nSPS) is 10.3. The van der Waals surface area contributed by atoms with Gasteiger partial charge < -0.3 is 4.74 Å². The zero-order valence-corrected chi connectivity index (χ0v) is 12.6. The lowest BCUT2D eigenvalue weighted by molar-refractivity contribution is -0.384. The minimum Gasteiger partial charge on any atom is -0.457 e. The van der Waals surface area contributed by atoms with Crippen LogP contribution in [0.1, 0.15) is 18.1 Å². The fourth-order valence-corrected chi connectivity index (χ4v) is 2.34. The molecule has 0 aliphatic heterocycles. The van der Waals surface area contributed by atoms with Gasteiger partial charge in [-0.3, -0.25) is 10.1 Å². The zero-order chi connectivity index (χ0) is 14.5. The van der Waals surface area contributed by atoms with Crippen molar-refractivity contribution in [3.05, 3.63) is 63.7 Å². The minimum absolute atomic E-state index is 0.0653. The highest BCUT2D eigenvalue weighted by Crippen LogP contribution is 2.32. The molecule has 104 valence electrons. The Morgan fingerprint density at radius 3 is 2.50 bits per heavy atom. The highest BCUT2D eigenvalue weighted by Gasteiger charge is 2.12. The number of benzene rings is 2. The highest BCUT2D eigenvalue weighted by atomic mass is 79.9. The first-order chi connectivity index (χ1) is 9.65. The van der Waals surface area contributed by atoms with Crippen LogP contribution in [0.2, 0.25) is 0 Å². The number of rotatable bonds is 5. The molecule has 0 spiro atoms. The van der Waals surface area contributed by atoms with Crippen molar-refractivity contribution in [1.29, 1.82) is 0 Å². The highest BCUT2D eigenvalue weighted by molar-refractivity contribution is 9.08. The van der Waals surface area contributed by atoms with Crippen LogP contribution >= 0.6 is 15.9 Å². The minimum atomic E-state index is -0.407. The Morgan fingerprint density at radius 2 is 1.85 bits per heavy atom. The van der Waals surface area contributed by atoms with E-state index < -0.39 is 4.92 Å². The first kappa shape index (κ1) is 14.5. The number of alkyl halides is 1. The molecule has 0 aromatic heterocycles. The summed E-state index contributed by atoms with van der Waals surface area (Å²) in [5.41, 5.74) is 1.92. The van der Waals surface area contributed by atoms with E-state index >= 15 is 0 Å². The van der Waals surface area contributed by atoms with Crippen LogP contribution in [0, 0.1) is 10.1 Å². The van der Waals surface area contributed by atoms with Crippen LogP contribution in [0.4, 0.5) is 5.69 Å². The van der Waals surface area contributed by atoms with E-state index in [4.69, 9.17) is 4.74 Å². The van der Waals surface area contributed by atoms with Crippen molar-refractivity contribution in [1.82, 2.24) is 0 Å². The van der Waals surface area contributed by atoms with Crippen molar-refractivity contribution >= 4 is 21.6 Å². The molecule has 2 aromatic rings. The van der Waals surface area contributed by atoms with Gasteiger partial charge in [-0.25, -0.2) is 0 Å². The van der Waals surface area contributed by atoms with Gasteiger partial charge in [0.15, 0.2) is 0 Å². The molecule has 20 heavy (non-hydrogen) atoms. The number of ether oxygens (including phenoxy) is 1. The van der Waals surface area contributed by atoms with Gasteiger partial charge in [-0.05, 0) is 24.1 Å². The summed E-state index contributed by atoms with van der Waals surface area (Å²) in [5, 5.41) is 11.3. The molecule has 5 heteroatoms. The number of nitro benzene ring substituents is 1. The molecule has 0 unspecified atom stereocenters. The van der Waals surface area contributed by atoms with Crippen molar-refractivity contribution in [2.24, 2.45) is 0 Å². The summed E-state index contributed by atoms with van der Waals surface area (Å²) in [7, 11) is 0. The van der Waals surface area contributed by atoms with Gasteiger partial charge in [-0.15, -0.1) is 0 Å². The number of hydrogen-bond donors (Lipinski definition) is 0. The number of hydrogen-bond acceptors (Lipinski definition) is 3. The monoisotopic (exact) mass is 335 g/mol. The zero-order valence-electron chi connectivity index (χ0n) is 11.0. The van der Waals surface area contributed by atoms with Gasteiger partial charge in [0, 0.05) is 23.0 Å². The second kappa shape index (κ2) is 6.52. The number of para-hydroxylation sites is 1. The summed E-state index contributed by atoms with van der Waals surface area (Å²) < 4.78 is 5.90. The predicted molar refractivity (Wildman–Crippen MR) is 81.6 cm³/mol. The van der Waals surface area contributed by atoms with Crippen LogP contribution < -0.4 is 4.74 Å². The average Bonchev–Trinajstić information content (AvgIpc) is 2.48. The average molecular weight is 336 g/mol. The molecule has 0 amide bonds. The summed E-state index contributed by atoms with van der Waals surface area (Å²) in [5.74, 6) is 1.42. The quantitative estimate of drug-likeness (QED) is 0.446. The largest absolute Gasteiger partial charge is 0.457 e. The topological polar surface area (TPSA) is 52.4 Å². The molecule has 0 aliphatic carbocycles. The van der Waals surface area contributed by atoms with Crippen molar-refractivity contribution in [2.75, 3.05) is 0 Å². The second-order valence-corrected chi connectivity index (χ2v) is 4.81. The third-order valence-electron chi connectivity index (χ3n) is 2.97. The lowest BCUT2D eigenvalue weighted by atomic mass is 10.1. The number of non-ortho nitro benzene ring substituents is 1. The van der Waals surface area contributed by atoms with Gasteiger partial charge in [0.05, 0.1) is 4.92 Å².